The molecule has 0 fully saturated rings. The van der Waals surface area contributed by atoms with Crippen molar-refractivity contribution in [3.63, 3.8) is 0 Å². The van der Waals surface area contributed by atoms with Crippen molar-refractivity contribution in [1.29, 1.82) is 0 Å². The Balaban J connectivity index is 2.89. The summed E-state index contributed by atoms with van der Waals surface area (Å²) in [7, 11) is 0. The van der Waals surface area contributed by atoms with Gasteiger partial charge in [0.25, 0.3) is 0 Å². The maximum Gasteiger partial charge on any atom is 0.0850 e. The fourth-order valence-corrected chi connectivity index (χ4v) is 2.44. The molecule has 0 saturated carbocycles. The van der Waals surface area contributed by atoms with Crippen molar-refractivity contribution in [2.75, 3.05) is 0 Å². The first kappa shape index (κ1) is 13.1. The number of hydrogen-bond donors (Lipinski definition) is 2. The predicted molar refractivity (Wildman–Crippen MR) is 74.4 cm³/mol. The highest BCUT2D eigenvalue weighted by Crippen LogP contribution is 2.36. The first-order chi connectivity index (χ1) is 8.21. The molecule has 2 N–H and O–H groups in total. The molecule has 0 unspecified atom stereocenters. The Labute approximate surface area is 108 Å². The highest BCUT2D eigenvalue weighted by molar-refractivity contribution is 5.87. The van der Waals surface area contributed by atoms with E-state index in [1.807, 2.05) is 36.4 Å². The number of hydrogen-bond acceptors (Lipinski definition) is 2. The second-order valence-electron chi connectivity index (χ2n) is 5.83. The average molecular weight is 244 g/mol. The molecular formula is C16H20O2. The second-order valence-corrected chi connectivity index (χ2v) is 5.83. The summed E-state index contributed by atoms with van der Waals surface area (Å²) in [5, 5.41) is 22.8. The van der Waals surface area contributed by atoms with E-state index in [9.17, 15) is 10.2 Å². The van der Waals surface area contributed by atoms with Crippen molar-refractivity contribution in [2.24, 2.45) is 0 Å². The summed E-state index contributed by atoms with van der Waals surface area (Å²) >= 11 is 0. The van der Waals surface area contributed by atoms with Gasteiger partial charge in [-0.15, -0.1) is 0 Å². The van der Waals surface area contributed by atoms with E-state index in [1.54, 1.807) is 27.7 Å². The molecule has 0 aliphatic rings. The third kappa shape index (κ3) is 2.26. The highest BCUT2D eigenvalue weighted by Gasteiger charge is 2.29. The van der Waals surface area contributed by atoms with Gasteiger partial charge in [0.15, 0.2) is 0 Å². The van der Waals surface area contributed by atoms with E-state index in [0.717, 1.165) is 21.9 Å². The van der Waals surface area contributed by atoms with Crippen molar-refractivity contribution in [3.8, 4) is 0 Å². The van der Waals surface area contributed by atoms with Crippen LogP contribution in [0.25, 0.3) is 10.8 Å². The SMILES string of the molecule is CC(C)(O)c1ccc2ccccc2c1C(C)(C)O. The lowest BCUT2D eigenvalue weighted by Crippen LogP contribution is -2.26. The number of benzene rings is 2. The van der Waals surface area contributed by atoms with Gasteiger partial charge >= 0.3 is 0 Å². The standard InChI is InChI=1S/C16H20O2/c1-15(2,17)13-10-9-11-7-5-6-8-12(11)14(13)16(3,4)18/h5-10,17-18H,1-4H3. The van der Waals surface area contributed by atoms with Gasteiger partial charge in [-0.05, 0) is 49.6 Å². The van der Waals surface area contributed by atoms with Crippen LogP contribution >= 0.6 is 0 Å². The van der Waals surface area contributed by atoms with E-state index < -0.39 is 11.2 Å². The summed E-state index contributed by atoms with van der Waals surface area (Å²) < 4.78 is 0. The van der Waals surface area contributed by atoms with E-state index in [2.05, 4.69) is 0 Å². The lowest BCUT2D eigenvalue weighted by atomic mass is 9.82. The van der Waals surface area contributed by atoms with Crippen molar-refractivity contribution in [3.05, 3.63) is 47.5 Å². The van der Waals surface area contributed by atoms with Gasteiger partial charge in [0.05, 0.1) is 11.2 Å². The summed E-state index contributed by atoms with van der Waals surface area (Å²) in [4.78, 5) is 0. The first-order valence-corrected chi connectivity index (χ1v) is 6.19. The van der Waals surface area contributed by atoms with Crippen LogP contribution in [-0.2, 0) is 11.2 Å². The van der Waals surface area contributed by atoms with E-state index >= 15 is 0 Å². The molecule has 0 aliphatic carbocycles. The van der Waals surface area contributed by atoms with Crippen LogP contribution in [0, 0.1) is 0 Å². The maximum atomic E-state index is 10.4. The topological polar surface area (TPSA) is 40.5 Å². The minimum atomic E-state index is -0.990. The molecule has 0 atom stereocenters. The average Bonchev–Trinajstić information content (AvgIpc) is 2.24. The summed E-state index contributed by atoms with van der Waals surface area (Å²) in [5.41, 5.74) is -0.392. The Morgan fingerprint density at radius 1 is 0.778 bits per heavy atom. The van der Waals surface area contributed by atoms with Gasteiger partial charge in [-0.3, -0.25) is 0 Å². The van der Waals surface area contributed by atoms with Crippen LogP contribution < -0.4 is 0 Å². The van der Waals surface area contributed by atoms with Gasteiger partial charge < -0.3 is 10.2 Å². The zero-order valence-corrected chi connectivity index (χ0v) is 11.4. The second kappa shape index (κ2) is 4.08. The van der Waals surface area contributed by atoms with Crippen molar-refractivity contribution in [2.45, 2.75) is 38.9 Å². The predicted octanol–water partition coefficient (Wildman–Crippen LogP) is 3.29. The maximum absolute atomic E-state index is 10.4. The summed E-state index contributed by atoms with van der Waals surface area (Å²) in [6.45, 7) is 6.99. The van der Waals surface area contributed by atoms with Gasteiger partial charge in [0.2, 0.25) is 0 Å². The van der Waals surface area contributed by atoms with Gasteiger partial charge in [-0.25, -0.2) is 0 Å². The van der Waals surface area contributed by atoms with Crippen molar-refractivity contribution >= 4 is 10.8 Å². The Bertz CT molecular complexity index is 572. The van der Waals surface area contributed by atoms with Gasteiger partial charge in [0.1, 0.15) is 0 Å². The van der Waals surface area contributed by atoms with Crippen LogP contribution in [0.4, 0.5) is 0 Å². The van der Waals surface area contributed by atoms with E-state index in [1.165, 1.54) is 0 Å². The van der Waals surface area contributed by atoms with E-state index in [4.69, 9.17) is 0 Å². The molecule has 96 valence electrons. The Morgan fingerprint density at radius 3 is 1.94 bits per heavy atom. The molecule has 0 heterocycles. The van der Waals surface area contributed by atoms with Gasteiger partial charge in [0, 0.05) is 0 Å². The summed E-state index contributed by atoms with van der Waals surface area (Å²) in [6.07, 6.45) is 0. The molecule has 2 nitrogen and oxygen atoms in total. The minimum absolute atomic E-state index is 0.772. The fraction of sp³-hybridized carbons (Fsp3) is 0.375. The molecular weight excluding hydrogens is 224 g/mol. The third-order valence-electron chi connectivity index (χ3n) is 3.20. The zero-order valence-electron chi connectivity index (χ0n) is 11.4. The Morgan fingerprint density at radius 2 is 1.39 bits per heavy atom. The summed E-state index contributed by atoms with van der Waals surface area (Å²) in [6, 6.07) is 11.8. The molecule has 0 amide bonds. The molecule has 0 saturated heterocycles. The molecule has 0 spiro atoms. The number of rotatable bonds is 2. The number of fused-ring (bicyclic) bond motifs is 1. The molecule has 2 aromatic rings. The van der Waals surface area contributed by atoms with Gasteiger partial charge in [-0.2, -0.15) is 0 Å². The number of aliphatic hydroxyl groups is 2. The molecule has 0 aliphatic heterocycles. The quantitative estimate of drug-likeness (QED) is 0.851. The van der Waals surface area contributed by atoms with Crippen LogP contribution in [0.1, 0.15) is 38.8 Å². The lowest BCUT2D eigenvalue weighted by Gasteiger charge is -2.29. The Hall–Kier alpha value is -1.38. The normalized spacial score (nSPS) is 13.0. The van der Waals surface area contributed by atoms with Crippen LogP contribution in [-0.4, -0.2) is 10.2 Å². The molecule has 0 bridgehead atoms. The molecule has 0 radical (unpaired) electrons. The summed E-state index contributed by atoms with van der Waals surface area (Å²) in [5.74, 6) is 0. The van der Waals surface area contributed by atoms with Crippen LogP contribution in [0.5, 0.6) is 0 Å². The molecule has 2 rings (SSSR count). The largest absolute Gasteiger partial charge is 0.386 e. The highest BCUT2D eigenvalue weighted by atomic mass is 16.3. The fourth-order valence-electron chi connectivity index (χ4n) is 2.44. The molecule has 2 heteroatoms. The van der Waals surface area contributed by atoms with Gasteiger partial charge in [-0.1, -0.05) is 36.4 Å². The molecule has 0 aromatic heterocycles. The van der Waals surface area contributed by atoms with Crippen LogP contribution in [0.3, 0.4) is 0 Å². The zero-order chi connectivity index (χ0) is 13.6. The minimum Gasteiger partial charge on any atom is -0.386 e. The van der Waals surface area contributed by atoms with Crippen LogP contribution in [0.15, 0.2) is 36.4 Å². The van der Waals surface area contributed by atoms with Crippen LogP contribution in [0.2, 0.25) is 0 Å². The first-order valence-electron chi connectivity index (χ1n) is 6.19. The molecule has 2 aromatic carbocycles. The van der Waals surface area contributed by atoms with E-state index in [-0.39, 0.29) is 0 Å². The Kier molecular flexibility index (Phi) is 2.96. The monoisotopic (exact) mass is 244 g/mol. The molecule has 18 heavy (non-hydrogen) atoms. The van der Waals surface area contributed by atoms with E-state index in [0.29, 0.717) is 0 Å². The van der Waals surface area contributed by atoms with Crippen molar-refractivity contribution < 1.29 is 10.2 Å². The third-order valence-corrected chi connectivity index (χ3v) is 3.20. The van der Waals surface area contributed by atoms with Crippen molar-refractivity contribution in [1.82, 2.24) is 0 Å². The lowest BCUT2D eigenvalue weighted by molar-refractivity contribution is 0.0537. The smallest absolute Gasteiger partial charge is 0.0850 e.